The highest BCUT2D eigenvalue weighted by molar-refractivity contribution is 5.91. The third-order valence-corrected chi connectivity index (χ3v) is 6.87. The second-order valence-corrected chi connectivity index (χ2v) is 9.23. The number of rotatable bonds is 6. The van der Waals surface area contributed by atoms with Gasteiger partial charge >= 0.3 is 0 Å². The summed E-state index contributed by atoms with van der Waals surface area (Å²) in [5, 5.41) is 5.83. The Bertz CT molecular complexity index is 1260. The summed E-state index contributed by atoms with van der Waals surface area (Å²) >= 11 is 0. The lowest BCUT2D eigenvalue weighted by Gasteiger charge is -2.36. The molecule has 0 bridgehead atoms. The molecular weight excluding hydrogens is 420 g/mol. The van der Waals surface area contributed by atoms with Gasteiger partial charge in [-0.2, -0.15) is 0 Å². The second-order valence-electron chi connectivity index (χ2n) is 9.23. The molecule has 1 saturated heterocycles. The van der Waals surface area contributed by atoms with Gasteiger partial charge in [0, 0.05) is 67.0 Å². The van der Waals surface area contributed by atoms with Crippen LogP contribution in [0.5, 0.6) is 0 Å². The number of pyridine rings is 2. The summed E-state index contributed by atoms with van der Waals surface area (Å²) in [6, 6.07) is 13.5. The minimum atomic E-state index is 0.657. The summed E-state index contributed by atoms with van der Waals surface area (Å²) < 4.78 is 0. The first-order valence-corrected chi connectivity index (χ1v) is 12.0. The smallest absolute Gasteiger partial charge is 0.130 e. The molecule has 0 saturated carbocycles. The first-order chi connectivity index (χ1) is 16.6. The summed E-state index contributed by atoms with van der Waals surface area (Å²) in [4.78, 5) is 18.3. The van der Waals surface area contributed by atoms with E-state index in [1.54, 1.807) is 0 Å². The van der Waals surface area contributed by atoms with Crippen molar-refractivity contribution < 1.29 is 0 Å². The van der Waals surface area contributed by atoms with Crippen molar-refractivity contribution in [3.63, 3.8) is 0 Å². The van der Waals surface area contributed by atoms with Crippen molar-refractivity contribution >= 4 is 39.9 Å². The number of aromatic nitrogens is 2. The molecule has 34 heavy (non-hydrogen) atoms. The first-order valence-electron chi connectivity index (χ1n) is 12.0. The Labute approximate surface area is 201 Å². The number of allylic oxidation sites excluding steroid dienone is 2. The van der Waals surface area contributed by atoms with Crippen LogP contribution in [-0.2, 0) is 0 Å². The van der Waals surface area contributed by atoms with Gasteiger partial charge in [0.1, 0.15) is 11.6 Å². The molecule has 3 aromatic rings. The molecule has 1 fully saturated rings. The summed E-state index contributed by atoms with van der Waals surface area (Å²) in [6.45, 7) is 4.12. The zero-order valence-corrected chi connectivity index (χ0v) is 20.2. The van der Waals surface area contributed by atoms with E-state index in [0.717, 1.165) is 53.2 Å². The summed E-state index contributed by atoms with van der Waals surface area (Å²) in [5.41, 5.74) is 4.61. The van der Waals surface area contributed by atoms with Crippen molar-refractivity contribution in [2.75, 3.05) is 37.4 Å². The largest absolute Gasteiger partial charge is 0.356 e. The van der Waals surface area contributed by atoms with E-state index in [4.69, 9.17) is 0 Å². The topological polar surface area (TPSA) is 56.7 Å². The van der Waals surface area contributed by atoms with Crippen molar-refractivity contribution in [3.8, 4) is 0 Å². The summed E-state index contributed by atoms with van der Waals surface area (Å²) in [5.74, 6) is 1.87. The van der Waals surface area contributed by atoms with Gasteiger partial charge in [-0.1, -0.05) is 18.2 Å². The van der Waals surface area contributed by atoms with Gasteiger partial charge in [-0.25, -0.2) is 9.97 Å². The van der Waals surface area contributed by atoms with Crippen molar-refractivity contribution in [2.24, 2.45) is 4.99 Å². The monoisotopic (exact) mass is 452 g/mol. The van der Waals surface area contributed by atoms with Crippen molar-refractivity contribution in [1.82, 2.24) is 14.9 Å². The quantitative estimate of drug-likeness (QED) is 0.539. The molecule has 2 aromatic heterocycles. The number of nitrogens with one attached hydrogen (secondary N) is 1. The average Bonchev–Trinajstić information content (AvgIpc) is 3.42. The number of benzene rings is 1. The Morgan fingerprint density at radius 3 is 2.65 bits per heavy atom. The molecule has 0 aliphatic carbocycles. The first kappa shape index (κ1) is 22.3. The van der Waals surface area contributed by atoms with Crippen LogP contribution in [0.25, 0.3) is 22.0 Å². The van der Waals surface area contributed by atoms with Gasteiger partial charge in [-0.05, 0) is 74.6 Å². The number of aliphatic imine (C=N–C) groups is 1. The number of hydrogen-bond donors (Lipinski definition) is 1. The predicted octanol–water partition coefficient (Wildman–Crippen LogP) is 5.45. The van der Waals surface area contributed by atoms with Crippen LogP contribution < -0.4 is 10.2 Å². The molecule has 2 aliphatic rings. The number of fused-ring (bicyclic) bond motifs is 1. The van der Waals surface area contributed by atoms with Gasteiger partial charge in [0.25, 0.3) is 0 Å². The molecular formula is C28H32N6. The predicted molar refractivity (Wildman–Crippen MR) is 143 cm³/mol. The molecule has 6 heteroatoms. The fourth-order valence-electron chi connectivity index (χ4n) is 4.77. The van der Waals surface area contributed by atoms with Crippen LogP contribution in [-0.4, -0.2) is 54.3 Å². The fraction of sp³-hybridized carbons (Fsp3) is 0.321. The highest BCUT2D eigenvalue weighted by atomic mass is 15.2. The number of nitrogens with zero attached hydrogens (tertiary/aromatic N) is 5. The van der Waals surface area contributed by atoms with Crippen LogP contribution in [0.15, 0.2) is 66.1 Å². The van der Waals surface area contributed by atoms with Gasteiger partial charge in [0.05, 0.1) is 0 Å². The number of anilines is 2. The number of piperidine rings is 1. The molecule has 6 nitrogen and oxygen atoms in total. The lowest BCUT2D eigenvalue weighted by atomic mass is 10.0. The van der Waals surface area contributed by atoms with Crippen molar-refractivity contribution in [2.45, 2.75) is 32.2 Å². The minimum Gasteiger partial charge on any atom is -0.356 e. The van der Waals surface area contributed by atoms with Crippen LogP contribution in [0, 0.1) is 0 Å². The number of hydrogen-bond acceptors (Lipinski definition) is 6. The summed E-state index contributed by atoms with van der Waals surface area (Å²) in [6.07, 6.45) is 13.1. The highest BCUT2D eigenvalue weighted by Crippen LogP contribution is 2.28. The molecule has 1 N–H and O–H groups in total. The Morgan fingerprint density at radius 2 is 1.91 bits per heavy atom. The van der Waals surface area contributed by atoms with Gasteiger partial charge in [-0.3, -0.25) is 4.99 Å². The van der Waals surface area contributed by atoms with Gasteiger partial charge in [0.15, 0.2) is 0 Å². The Kier molecular flexibility index (Phi) is 6.41. The molecule has 0 unspecified atom stereocenters. The molecule has 5 rings (SSSR count). The van der Waals surface area contributed by atoms with E-state index < -0.39 is 0 Å². The minimum absolute atomic E-state index is 0.657. The standard InChI is InChI=1S/C28H32N6/c1-4-26(21-8-12-30-28(17-21)34-13-9-25(10-14-34)33(2)3)32-27-16-24-15-20(23-7-11-29-18-23)5-6-22(24)19-31-27/h4-6,8,11-12,15-19,25H,7,9-10,13-14H2,1-3H3,(H,31,32)/b26-4+. The Morgan fingerprint density at radius 1 is 1.06 bits per heavy atom. The van der Waals surface area contributed by atoms with Crippen molar-refractivity contribution in [3.05, 3.63) is 72.2 Å². The van der Waals surface area contributed by atoms with E-state index >= 15 is 0 Å². The molecule has 1 aromatic carbocycles. The summed E-state index contributed by atoms with van der Waals surface area (Å²) in [7, 11) is 4.34. The van der Waals surface area contributed by atoms with Gasteiger partial charge in [0.2, 0.25) is 0 Å². The molecule has 174 valence electrons. The van der Waals surface area contributed by atoms with E-state index in [9.17, 15) is 0 Å². The van der Waals surface area contributed by atoms with E-state index in [1.807, 2.05) is 24.8 Å². The third-order valence-electron chi connectivity index (χ3n) is 6.87. The molecule has 0 amide bonds. The zero-order chi connectivity index (χ0) is 23.5. The maximum atomic E-state index is 4.67. The maximum Gasteiger partial charge on any atom is 0.130 e. The van der Waals surface area contributed by atoms with Crippen LogP contribution >= 0.6 is 0 Å². The van der Waals surface area contributed by atoms with E-state index in [-0.39, 0.29) is 0 Å². The maximum absolute atomic E-state index is 4.67. The third kappa shape index (κ3) is 4.73. The van der Waals surface area contributed by atoms with Gasteiger partial charge < -0.3 is 15.1 Å². The lowest BCUT2D eigenvalue weighted by molar-refractivity contribution is 0.249. The van der Waals surface area contributed by atoms with E-state index in [2.05, 4.69) is 93.6 Å². The highest BCUT2D eigenvalue weighted by Gasteiger charge is 2.21. The Balaban J connectivity index is 1.34. The van der Waals surface area contributed by atoms with Crippen LogP contribution in [0.1, 0.15) is 37.3 Å². The van der Waals surface area contributed by atoms with Crippen LogP contribution in [0.3, 0.4) is 0 Å². The molecule has 0 atom stereocenters. The zero-order valence-electron chi connectivity index (χ0n) is 20.2. The molecule has 0 spiro atoms. The van der Waals surface area contributed by atoms with E-state index in [0.29, 0.717) is 6.04 Å². The lowest BCUT2D eigenvalue weighted by Crippen LogP contribution is -2.42. The normalized spacial score (nSPS) is 17.0. The second kappa shape index (κ2) is 9.77. The molecule has 2 aliphatic heterocycles. The van der Waals surface area contributed by atoms with Crippen LogP contribution in [0.2, 0.25) is 0 Å². The van der Waals surface area contributed by atoms with Gasteiger partial charge in [-0.15, -0.1) is 0 Å². The van der Waals surface area contributed by atoms with Crippen LogP contribution in [0.4, 0.5) is 11.6 Å². The average molecular weight is 453 g/mol. The fourth-order valence-corrected chi connectivity index (χ4v) is 4.77. The van der Waals surface area contributed by atoms with Crippen molar-refractivity contribution in [1.29, 1.82) is 0 Å². The Hall–Kier alpha value is -3.51. The molecule has 4 heterocycles. The SMILES string of the molecule is C/C=C(/Nc1cc2cc(C3=CN=CC3)ccc2cn1)c1ccnc(N2CCC(N(C)C)CC2)c1. The molecule has 0 radical (unpaired) electrons. The van der Waals surface area contributed by atoms with E-state index in [1.165, 1.54) is 24.0 Å².